The Balaban J connectivity index is 1.57. The van der Waals surface area contributed by atoms with Gasteiger partial charge in [-0.25, -0.2) is 42.0 Å². The Morgan fingerprint density at radius 3 is 2.52 bits per heavy atom. The van der Waals surface area contributed by atoms with Gasteiger partial charge in [0.05, 0.1) is 12.1 Å². The number of ether oxygens (including phenoxy) is 1. The van der Waals surface area contributed by atoms with E-state index >= 15 is 0 Å². The molecular weight excluding hydrogens is 415 g/mol. The van der Waals surface area contributed by atoms with Gasteiger partial charge in [0.25, 0.3) is 6.43 Å². The van der Waals surface area contributed by atoms with Crippen LogP contribution in [0.3, 0.4) is 0 Å². The van der Waals surface area contributed by atoms with Crippen LogP contribution < -0.4 is 15.6 Å². The fourth-order valence-electron chi connectivity index (χ4n) is 4.44. The molecule has 29 heavy (non-hydrogen) atoms. The Morgan fingerprint density at radius 1 is 1.28 bits per heavy atom. The Morgan fingerprint density at radius 2 is 1.97 bits per heavy atom. The molecular formula is C16H26F3N5O4S. The number of fused-ring (bicyclic) bond motifs is 1. The van der Waals surface area contributed by atoms with Gasteiger partial charge in [-0.1, -0.05) is 0 Å². The molecule has 0 aromatic heterocycles. The molecule has 0 aromatic carbocycles. The minimum Gasteiger partial charge on any atom is -0.320 e. The van der Waals surface area contributed by atoms with Gasteiger partial charge < -0.3 is 9.64 Å². The van der Waals surface area contributed by atoms with Crippen molar-refractivity contribution in [1.29, 1.82) is 0 Å². The van der Waals surface area contributed by atoms with Gasteiger partial charge in [0.15, 0.2) is 6.23 Å². The summed E-state index contributed by atoms with van der Waals surface area (Å²) in [5.74, 6) is 0. The average molecular weight is 441 g/mol. The quantitative estimate of drug-likeness (QED) is 0.553. The van der Waals surface area contributed by atoms with E-state index in [1.54, 1.807) is 13.8 Å². The highest BCUT2D eigenvalue weighted by Crippen LogP contribution is 2.41. The topological polar surface area (TPSA) is 103 Å². The minimum atomic E-state index is -3.96. The summed E-state index contributed by atoms with van der Waals surface area (Å²) in [5.41, 5.74) is 4.26. The molecule has 2 saturated carbocycles. The maximum atomic E-state index is 15.0. The molecule has 6 unspecified atom stereocenters. The lowest BCUT2D eigenvalue weighted by molar-refractivity contribution is -0.104. The Hall–Kier alpha value is -1.15. The molecule has 0 aromatic rings. The molecule has 6 atom stereocenters. The van der Waals surface area contributed by atoms with E-state index in [4.69, 9.17) is 4.74 Å². The van der Waals surface area contributed by atoms with E-state index in [1.807, 2.05) is 0 Å². The number of likely N-dealkylation sites (N-methyl/N-ethyl adjacent to an activating group) is 1. The fourth-order valence-corrected chi connectivity index (χ4v) is 6.43. The fraction of sp³-hybridized carbons (Fsp3) is 0.938. The third-order valence-corrected chi connectivity index (χ3v) is 8.31. The van der Waals surface area contributed by atoms with Crippen molar-refractivity contribution in [2.45, 2.75) is 87.6 Å². The second kappa shape index (κ2) is 7.22. The maximum absolute atomic E-state index is 15.0. The largest absolute Gasteiger partial charge is 0.323 e. The minimum absolute atomic E-state index is 0.137. The van der Waals surface area contributed by atoms with Crippen molar-refractivity contribution < 1.29 is 31.1 Å². The van der Waals surface area contributed by atoms with Crippen molar-refractivity contribution in [1.82, 2.24) is 25.4 Å². The van der Waals surface area contributed by atoms with Crippen LogP contribution in [-0.4, -0.2) is 78.8 Å². The molecule has 166 valence electrons. The first kappa shape index (κ1) is 21.1. The van der Waals surface area contributed by atoms with E-state index in [-0.39, 0.29) is 19.4 Å². The number of hydrazine groups is 1. The first-order valence-corrected chi connectivity index (χ1v) is 11.3. The number of halogens is 3. The number of rotatable bonds is 6. The summed E-state index contributed by atoms with van der Waals surface area (Å²) in [4.78, 5) is 15.6. The van der Waals surface area contributed by atoms with Crippen molar-refractivity contribution in [3.8, 4) is 0 Å². The molecule has 4 fully saturated rings. The highest BCUT2D eigenvalue weighted by Gasteiger charge is 2.57. The van der Waals surface area contributed by atoms with E-state index in [9.17, 15) is 26.4 Å². The van der Waals surface area contributed by atoms with Gasteiger partial charge >= 0.3 is 6.03 Å². The third-order valence-electron chi connectivity index (χ3n) is 6.25. The average Bonchev–Trinajstić information content (AvgIpc) is 3.05. The van der Waals surface area contributed by atoms with Gasteiger partial charge in [0, 0.05) is 18.5 Å². The Bertz CT molecular complexity index is 768. The number of amides is 2. The molecule has 4 aliphatic rings. The van der Waals surface area contributed by atoms with Gasteiger partial charge in [-0.15, -0.1) is 0 Å². The highest BCUT2D eigenvalue weighted by atomic mass is 32.2. The second-order valence-electron chi connectivity index (χ2n) is 8.38. The van der Waals surface area contributed by atoms with E-state index in [1.165, 1.54) is 9.80 Å². The summed E-state index contributed by atoms with van der Waals surface area (Å²) in [6, 6.07) is -1.73. The number of hydrogen-bond donors (Lipinski definition) is 3. The van der Waals surface area contributed by atoms with E-state index in [2.05, 4.69) is 15.6 Å². The molecule has 0 bridgehead atoms. The monoisotopic (exact) mass is 441 g/mol. The molecule has 0 radical (unpaired) electrons. The van der Waals surface area contributed by atoms with Crippen molar-refractivity contribution in [3.05, 3.63) is 0 Å². The van der Waals surface area contributed by atoms with Gasteiger partial charge in [-0.2, -0.15) is 0 Å². The van der Waals surface area contributed by atoms with Crippen molar-refractivity contribution in [2.75, 3.05) is 6.54 Å². The summed E-state index contributed by atoms with van der Waals surface area (Å²) in [5, 5.41) is -1.33. The summed E-state index contributed by atoms with van der Waals surface area (Å²) >= 11 is 0. The summed E-state index contributed by atoms with van der Waals surface area (Å²) in [6.45, 7) is 3.78. The van der Waals surface area contributed by atoms with E-state index in [0.717, 1.165) is 0 Å². The zero-order valence-corrected chi connectivity index (χ0v) is 17.0. The van der Waals surface area contributed by atoms with Gasteiger partial charge in [0.2, 0.25) is 16.4 Å². The molecule has 2 heterocycles. The standard InChI is InChI=1S/C16H26F3N5O4S/c1-3-23-9-6-8(17)11(29(26,27)22-16(2)4-5-16)7-10(9)24(15(23)25)14-21-20-13(28-14)12(18)19/h8-14,20-22H,3-7H2,1-2H3. The van der Waals surface area contributed by atoms with Crippen LogP contribution in [0.4, 0.5) is 18.0 Å². The lowest BCUT2D eigenvalue weighted by atomic mass is 9.88. The van der Waals surface area contributed by atoms with Gasteiger partial charge in [-0.3, -0.25) is 4.90 Å². The highest BCUT2D eigenvalue weighted by molar-refractivity contribution is 7.90. The molecule has 2 saturated heterocycles. The number of alkyl halides is 3. The number of nitrogens with zero attached hydrogens (tertiary/aromatic N) is 2. The number of urea groups is 1. The smallest absolute Gasteiger partial charge is 0.320 e. The molecule has 2 amide bonds. The maximum Gasteiger partial charge on any atom is 0.323 e. The molecule has 3 N–H and O–H groups in total. The van der Waals surface area contributed by atoms with Crippen LogP contribution in [-0.2, 0) is 14.8 Å². The number of sulfonamides is 1. The first-order valence-electron chi connectivity index (χ1n) is 9.77. The van der Waals surface area contributed by atoms with E-state index in [0.29, 0.717) is 12.8 Å². The summed E-state index contributed by atoms with van der Waals surface area (Å²) < 4.78 is 74.2. The number of carbonyl (C=O) groups excluding carboxylic acids is 1. The predicted molar refractivity (Wildman–Crippen MR) is 95.7 cm³/mol. The summed E-state index contributed by atoms with van der Waals surface area (Å²) in [7, 11) is -3.96. The molecule has 4 rings (SSSR count). The molecule has 2 aliphatic heterocycles. The second-order valence-corrected chi connectivity index (χ2v) is 10.3. The van der Waals surface area contributed by atoms with Gasteiger partial charge in [0.1, 0.15) is 11.4 Å². The predicted octanol–water partition coefficient (Wildman–Crippen LogP) is 0.453. The van der Waals surface area contributed by atoms with Crippen LogP contribution in [0.25, 0.3) is 0 Å². The number of nitrogens with one attached hydrogen (secondary N) is 3. The van der Waals surface area contributed by atoms with Crippen molar-refractivity contribution >= 4 is 16.1 Å². The zero-order chi connectivity index (χ0) is 21.1. The van der Waals surface area contributed by atoms with Crippen LogP contribution in [0, 0.1) is 0 Å². The molecule has 2 aliphatic carbocycles. The lowest BCUT2D eigenvalue weighted by Gasteiger charge is -2.39. The van der Waals surface area contributed by atoms with Crippen LogP contribution in [0.15, 0.2) is 0 Å². The molecule has 0 spiro atoms. The Labute approximate surface area is 167 Å². The van der Waals surface area contributed by atoms with E-state index < -0.39 is 64.1 Å². The third kappa shape index (κ3) is 3.71. The van der Waals surface area contributed by atoms with Gasteiger partial charge in [-0.05, 0) is 33.1 Å². The van der Waals surface area contributed by atoms with Crippen LogP contribution in [0.5, 0.6) is 0 Å². The van der Waals surface area contributed by atoms with Crippen LogP contribution >= 0.6 is 0 Å². The zero-order valence-electron chi connectivity index (χ0n) is 16.1. The Kier molecular flexibility index (Phi) is 5.25. The molecule has 13 heteroatoms. The first-order chi connectivity index (χ1) is 13.6. The van der Waals surface area contributed by atoms with Crippen LogP contribution in [0.1, 0.15) is 39.5 Å². The van der Waals surface area contributed by atoms with Crippen molar-refractivity contribution in [3.63, 3.8) is 0 Å². The number of carbonyl (C=O) groups is 1. The summed E-state index contributed by atoms with van der Waals surface area (Å²) in [6.07, 6.45) is -6.15. The normalized spacial score (nSPS) is 39.3. The number of hydrogen-bond acceptors (Lipinski definition) is 6. The molecule has 9 nitrogen and oxygen atoms in total. The van der Waals surface area contributed by atoms with Crippen molar-refractivity contribution in [2.24, 2.45) is 0 Å². The van der Waals surface area contributed by atoms with Crippen LogP contribution in [0.2, 0.25) is 0 Å². The lowest BCUT2D eigenvalue weighted by Crippen LogP contribution is -2.57. The SMILES string of the molecule is CCN1C(=O)N(C2NNC(C(F)F)O2)C2CC(S(=O)(=O)NC3(C)CC3)C(F)CC21.